The molecule has 0 spiro atoms. The topological polar surface area (TPSA) is 237 Å². The number of rotatable bonds is 65. The molecule has 0 amide bonds. The predicted molar refractivity (Wildman–Crippen MR) is 335 cm³/mol. The average Bonchev–Trinajstić information content (AvgIpc) is 3.53. The first-order valence-corrected chi connectivity index (χ1v) is 37.2. The molecule has 17 nitrogen and oxygen atoms in total. The number of carbonyl (C=O) groups is 4. The van der Waals surface area contributed by atoms with Crippen LogP contribution in [-0.4, -0.2) is 96.7 Å². The molecule has 0 heterocycles. The maximum absolute atomic E-state index is 13.0. The van der Waals surface area contributed by atoms with Gasteiger partial charge in [0, 0.05) is 25.7 Å². The largest absolute Gasteiger partial charge is 0.472 e. The van der Waals surface area contributed by atoms with Crippen LogP contribution < -0.4 is 0 Å². The lowest BCUT2D eigenvalue weighted by Crippen LogP contribution is -2.30. The zero-order chi connectivity index (χ0) is 62.0. The van der Waals surface area contributed by atoms with Crippen molar-refractivity contribution in [2.45, 2.75) is 348 Å². The number of hydrogen-bond donors (Lipinski definition) is 3. The number of aliphatic hydroxyl groups is 1. The summed E-state index contributed by atoms with van der Waals surface area (Å²) in [7, 11) is -9.88. The fourth-order valence-corrected chi connectivity index (χ4v) is 11.3. The van der Waals surface area contributed by atoms with Crippen molar-refractivity contribution in [1.29, 1.82) is 0 Å². The van der Waals surface area contributed by atoms with Crippen molar-refractivity contribution in [1.82, 2.24) is 0 Å². The van der Waals surface area contributed by atoms with Crippen LogP contribution in [0, 0.1) is 5.92 Å². The summed E-state index contributed by atoms with van der Waals surface area (Å²) in [4.78, 5) is 72.2. The minimum Gasteiger partial charge on any atom is -0.462 e. The summed E-state index contributed by atoms with van der Waals surface area (Å²) in [6.07, 6.45) is 42.8. The van der Waals surface area contributed by atoms with Gasteiger partial charge in [-0.2, -0.15) is 0 Å². The Balaban J connectivity index is 5.23. The van der Waals surface area contributed by atoms with Crippen molar-refractivity contribution < 1.29 is 80.2 Å². The minimum absolute atomic E-state index is 0.106. The van der Waals surface area contributed by atoms with E-state index in [1.165, 1.54) is 154 Å². The summed E-state index contributed by atoms with van der Waals surface area (Å²) in [5.74, 6) is -1.33. The number of esters is 4. The molecule has 0 radical (unpaired) electrons. The molecular formula is C65H126O17P2. The highest BCUT2D eigenvalue weighted by atomic mass is 31.2. The van der Waals surface area contributed by atoms with Gasteiger partial charge in [-0.3, -0.25) is 37.3 Å². The second kappa shape index (κ2) is 58.7. The van der Waals surface area contributed by atoms with Gasteiger partial charge < -0.3 is 33.8 Å². The molecule has 0 aromatic heterocycles. The quantitative estimate of drug-likeness (QED) is 0.0222. The Bertz CT molecular complexity index is 1640. The summed E-state index contributed by atoms with van der Waals surface area (Å²) >= 11 is 0. The number of carbonyl (C=O) groups excluding carboxylic acids is 4. The molecular weight excluding hydrogens is 1110 g/mol. The Labute approximate surface area is 511 Å². The molecule has 498 valence electrons. The summed E-state index contributed by atoms with van der Waals surface area (Å²) < 4.78 is 68.0. The lowest BCUT2D eigenvalue weighted by molar-refractivity contribution is -0.161. The monoisotopic (exact) mass is 1240 g/mol. The number of hydrogen-bond acceptors (Lipinski definition) is 15. The van der Waals surface area contributed by atoms with Gasteiger partial charge in [0.25, 0.3) is 0 Å². The Morgan fingerprint density at radius 3 is 0.845 bits per heavy atom. The van der Waals surface area contributed by atoms with Gasteiger partial charge in [-0.1, -0.05) is 279 Å². The average molecular weight is 1240 g/mol. The number of unbranched alkanes of at least 4 members (excludes halogenated alkanes) is 36. The van der Waals surface area contributed by atoms with Crippen LogP contribution >= 0.6 is 15.6 Å². The van der Waals surface area contributed by atoms with Gasteiger partial charge in [0.05, 0.1) is 26.4 Å². The number of phosphoric ester groups is 2. The van der Waals surface area contributed by atoms with E-state index >= 15 is 0 Å². The number of phosphoric acid groups is 2. The Hall–Kier alpha value is -1.94. The van der Waals surface area contributed by atoms with Crippen molar-refractivity contribution in [3.05, 3.63) is 0 Å². The van der Waals surface area contributed by atoms with Crippen molar-refractivity contribution in [3.8, 4) is 0 Å². The Morgan fingerprint density at radius 1 is 0.333 bits per heavy atom. The van der Waals surface area contributed by atoms with Crippen LogP contribution in [-0.2, 0) is 65.4 Å². The van der Waals surface area contributed by atoms with Gasteiger partial charge in [0.2, 0.25) is 0 Å². The van der Waals surface area contributed by atoms with Gasteiger partial charge in [-0.15, -0.1) is 0 Å². The van der Waals surface area contributed by atoms with Crippen LogP contribution in [0.3, 0.4) is 0 Å². The third-order valence-electron chi connectivity index (χ3n) is 15.4. The van der Waals surface area contributed by atoms with Gasteiger partial charge in [0.15, 0.2) is 12.2 Å². The maximum Gasteiger partial charge on any atom is 0.472 e. The van der Waals surface area contributed by atoms with E-state index in [1.807, 2.05) is 0 Å². The lowest BCUT2D eigenvalue weighted by Gasteiger charge is -2.21. The summed E-state index contributed by atoms with van der Waals surface area (Å²) in [5, 5.41) is 10.5. The molecule has 0 saturated heterocycles. The molecule has 0 saturated carbocycles. The first-order valence-electron chi connectivity index (χ1n) is 34.2. The standard InChI is InChI=1S/C65H126O17P2/c1-6-10-13-16-19-22-28-33-38-43-48-62(67)75-54-60(81-64(69)50-45-40-35-30-24-21-18-15-12-8-3)56-79-83(71,72)77-52-59(66)53-78-84(73,74)80-57-61(55-76-63(68)49-44-39-34-29-23-20-17-14-11-7-2)82-65(70)51-46-41-36-31-26-25-27-32-37-42-47-58(5)9-4/h58-61,66H,6-57H2,1-5H3,(H,71,72)(H,73,74)/t58?,59-,60+,61+/m0/s1. The molecule has 0 fully saturated rings. The molecule has 0 aliphatic heterocycles. The molecule has 19 heteroatoms. The highest BCUT2D eigenvalue weighted by Crippen LogP contribution is 2.45. The fourth-order valence-electron chi connectivity index (χ4n) is 9.73. The smallest absolute Gasteiger partial charge is 0.462 e. The molecule has 84 heavy (non-hydrogen) atoms. The van der Waals surface area contributed by atoms with E-state index in [-0.39, 0.29) is 25.7 Å². The van der Waals surface area contributed by atoms with Crippen LogP contribution in [0.4, 0.5) is 0 Å². The van der Waals surface area contributed by atoms with Crippen LogP contribution in [0.2, 0.25) is 0 Å². The fraction of sp³-hybridized carbons (Fsp3) is 0.938. The van der Waals surface area contributed by atoms with E-state index in [2.05, 4.69) is 34.6 Å². The van der Waals surface area contributed by atoms with E-state index in [9.17, 15) is 43.2 Å². The van der Waals surface area contributed by atoms with Crippen molar-refractivity contribution in [3.63, 3.8) is 0 Å². The lowest BCUT2D eigenvalue weighted by atomic mass is 9.99. The second-order valence-electron chi connectivity index (χ2n) is 23.7. The van der Waals surface area contributed by atoms with Gasteiger partial charge in [0.1, 0.15) is 19.3 Å². The maximum atomic E-state index is 13.0. The molecule has 0 aromatic carbocycles. The Morgan fingerprint density at radius 2 is 0.571 bits per heavy atom. The molecule has 3 unspecified atom stereocenters. The number of aliphatic hydroxyl groups excluding tert-OH is 1. The molecule has 6 atom stereocenters. The highest BCUT2D eigenvalue weighted by Gasteiger charge is 2.30. The predicted octanol–water partition coefficient (Wildman–Crippen LogP) is 18.2. The summed E-state index contributed by atoms with van der Waals surface area (Å²) in [6, 6.07) is 0. The Kier molecular flexibility index (Phi) is 57.4. The molecule has 0 aliphatic rings. The minimum atomic E-state index is -4.94. The van der Waals surface area contributed by atoms with E-state index < -0.39 is 97.5 Å². The highest BCUT2D eigenvalue weighted by molar-refractivity contribution is 7.47. The van der Waals surface area contributed by atoms with Crippen LogP contribution in [0.5, 0.6) is 0 Å². The normalized spacial score (nSPS) is 14.5. The third-order valence-corrected chi connectivity index (χ3v) is 17.3. The second-order valence-corrected chi connectivity index (χ2v) is 26.7. The van der Waals surface area contributed by atoms with E-state index in [4.69, 9.17) is 37.0 Å². The summed E-state index contributed by atoms with van der Waals surface area (Å²) in [5.41, 5.74) is 0. The molecule has 0 aliphatic carbocycles. The molecule has 0 bridgehead atoms. The van der Waals surface area contributed by atoms with Crippen molar-refractivity contribution in [2.24, 2.45) is 5.92 Å². The van der Waals surface area contributed by atoms with E-state index in [1.54, 1.807) is 0 Å². The van der Waals surface area contributed by atoms with Gasteiger partial charge >= 0.3 is 39.5 Å². The van der Waals surface area contributed by atoms with Crippen LogP contribution in [0.25, 0.3) is 0 Å². The van der Waals surface area contributed by atoms with Crippen LogP contribution in [0.1, 0.15) is 330 Å². The molecule has 0 aromatic rings. The zero-order valence-corrected chi connectivity index (χ0v) is 55.8. The van der Waals surface area contributed by atoms with Crippen molar-refractivity contribution >= 4 is 39.5 Å². The summed E-state index contributed by atoms with van der Waals surface area (Å²) in [6.45, 7) is 7.21. The van der Waals surface area contributed by atoms with Gasteiger partial charge in [-0.05, 0) is 31.6 Å². The first kappa shape index (κ1) is 82.1. The van der Waals surface area contributed by atoms with Crippen LogP contribution in [0.15, 0.2) is 0 Å². The first-order chi connectivity index (χ1) is 40.6. The SMILES string of the molecule is CCCCCCCCCCCCC(=O)OC[C@H](COP(=O)(O)OC[C@H](O)COP(=O)(O)OC[C@@H](COC(=O)CCCCCCCCCCCC)OC(=O)CCCCCCCCCCCCC(C)CC)OC(=O)CCCCCCCCCCCC. The third kappa shape index (κ3) is 57.8. The van der Waals surface area contributed by atoms with E-state index in [0.29, 0.717) is 25.7 Å². The van der Waals surface area contributed by atoms with E-state index in [0.717, 1.165) is 95.8 Å². The van der Waals surface area contributed by atoms with Crippen molar-refractivity contribution in [2.75, 3.05) is 39.6 Å². The van der Waals surface area contributed by atoms with Gasteiger partial charge in [-0.25, -0.2) is 9.13 Å². The zero-order valence-electron chi connectivity index (χ0n) is 54.0. The molecule has 3 N–H and O–H groups in total. The number of ether oxygens (including phenoxy) is 4. The molecule has 0 rings (SSSR count).